The first-order valence-electron chi connectivity index (χ1n) is 4.94. The summed E-state index contributed by atoms with van der Waals surface area (Å²) >= 11 is 0. The first-order valence-corrected chi connectivity index (χ1v) is 4.94. The number of terminal acetylenes is 1. The SMILES string of the molecule is C#CCN(C)C(=O)Nc1ccc(F)c(C(=O)O)c1. The van der Waals surface area contributed by atoms with Crippen molar-refractivity contribution >= 4 is 17.7 Å². The molecule has 6 heteroatoms. The lowest BCUT2D eigenvalue weighted by atomic mass is 10.2. The van der Waals surface area contributed by atoms with E-state index < -0.39 is 23.4 Å². The van der Waals surface area contributed by atoms with E-state index in [4.69, 9.17) is 11.5 Å². The molecule has 1 aromatic rings. The molecule has 0 aromatic heterocycles. The molecular formula is C12H11FN2O3. The molecule has 0 fully saturated rings. The Labute approximate surface area is 103 Å². The van der Waals surface area contributed by atoms with E-state index in [-0.39, 0.29) is 12.2 Å². The van der Waals surface area contributed by atoms with Crippen LogP contribution in [-0.2, 0) is 0 Å². The Morgan fingerprint density at radius 3 is 2.78 bits per heavy atom. The lowest BCUT2D eigenvalue weighted by Crippen LogP contribution is -2.31. The largest absolute Gasteiger partial charge is 0.478 e. The molecule has 0 bridgehead atoms. The summed E-state index contributed by atoms with van der Waals surface area (Å²) in [7, 11) is 1.48. The molecule has 0 radical (unpaired) electrons. The van der Waals surface area contributed by atoms with Crippen LogP contribution < -0.4 is 5.32 Å². The molecule has 1 aromatic carbocycles. The minimum absolute atomic E-state index is 0.110. The molecule has 94 valence electrons. The van der Waals surface area contributed by atoms with Crippen molar-refractivity contribution in [2.45, 2.75) is 0 Å². The minimum Gasteiger partial charge on any atom is -0.478 e. The minimum atomic E-state index is -1.40. The third kappa shape index (κ3) is 3.22. The Hall–Kier alpha value is -2.55. The molecule has 0 saturated carbocycles. The van der Waals surface area contributed by atoms with Crippen LogP contribution in [-0.4, -0.2) is 35.6 Å². The van der Waals surface area contributed by atoms with Crippen molar-refractivity contribution in [3.63, 3.8) is 0 Å². The van der Waals surface area contributed by atoms with Gasteiger partial charge in [0, 0.05) is 12.7 Å². The average Bonchev–Trinajstić information content (AvgIpc) is 2.31. The van der Waals surface area contributed by atoms with E-state index in [1.807, 2.05) is 0 Å². The zero-order valence-electron chi connectivity index (χ0n) is 9.61. The van der Waals surface area contributed by atoms with Crippen LogP contribution in [0.15, 0.2) is 18.2 Å². The van der Waals surface area contributed by atoms with Crippen LogP contribution in [0.25, 0.3) is 0 Å². The number of rotatable bonds is 3. The van der Waals surface area contributed by atoms with Crippen LogP contribution in [0.4, 0.5) is 14.9 Å². The fourth-order valence-electron chi connectivity index (χ4n) is 1.19. The number of aromatic carboxylic acids is 1. The number of carbonyl (C=O) groups excluding carboxylic acids is 1. The number of amides is 2. The first-order chi connectivity index (χ1) is 8.45. The van der Waals surface area contributed by atoms with E-state index in [0.717, 1.165) is 12.1 Å². The van der Waals surface area contributed by atoms with E-state index in [1.54, 1.807) is 0 Å². The second-order valence-electron chi connectivity index (χ2n) is 3.49. The fraction of sp³-hybridized carbons (Fsp3) is 0.167. The van der Waals surface area contributed by atoms with Gasteiger partial charge >= 0.3 is 12.0 Å². The van der Waals surface area contributed by atoms with Gasteiger partial charge in [0.2, 0.25) is 0 Å². The summed E-state index contributed by atoms with van der Waals surface area (Å²) in [5, 5.41) is 11.1. The molecule has 0 spiro atoms. The highest BCUT2D eigenvalue weighted by atomic mass is 19.1. The van der Waals surface area contributed by atoms with E-state index in [9.17, 15) is 14.0 Å². The average molecular weight is 250 g/mol. The van der Waals surface area contributed by atoms with Crippen LogP contribution in [0.3, 0.4) is 0 Å². The van der Waals surface area contributed by atoms with E-state index in [2.05, 4.69) is 11.2 Å². The van der Waals surface area contributed by atoms with E-state index in [0.29, 0.717) is 0 Å². The number of hydrogen-bond acceptors (Lipinski definition) is 2. The van der Waals surface area contributed by atoms with Crippen LogP contribution in [0.2, 0.25) is 0 Å². The molecule has 0 heterocycles. The predicted octanol–water partition coefficient (Wildman–Crippen LogP) is 1.62. The van der Waals surface area contributed by atoms with E-state index >= 15 is 0 Å². The molecule has 2 amide bonds. The molecule has 0 aliphatic carbocycles. The lowest BCUT2D eigenvalue weighted by Gasteiger charge is -2.15. The van der Waals surface area contributed by atoms with Gasteiger partial charge in [-0.3, -0.25) is 0 Å². The fourth-order valence-corrected chi connectivity index (χ4v) is 1.19. The molecule has 0 saturated heterocycles. The molecular weight excluding hydrogens is 239 g/mol. The highest BCUT2D eigenvalue weighted by Gasteiger charge is 2.13. The van der Waals surface area contributed by atoms with Crippen molar-refractivity contribution in [1.82, 2.24) is 4.90 Å². The van der Waals surface area contributed by atoms with Crippen LogP contribution in [0.5, 0.6) is 0 Å². The Balaban J connectivity index is 2.86. The summed E-state index contributed by atoms with van der Waals surface area (Å²) in [4.78, 5) is 23.5. The number of carboxylic acid groups (broad SMARTS) is 1. The monoisotopic (exact) mass is 250 g/mol. The van der Waals surface area contributed by atoms with Crippen molar-refractivity contribution in [3.8, 4) is 12.3 Å². The van der Waals surface area contributed by atoms with Gasteiger partial charge < -0.3 is 15.3 Å². The van der Waals surface area contributed by atoms with Crippen molar-refractivity contribution in [3.05, 3.63) is 29.6 Å². The Morgan fingerprint density at radius 1 is 1.56 bits per heavy atom. The van der Waals surface area contributed by atoms with E-state index in [1.165, 1.54) is 18.0 Å². The maximum absolute atomic E-state index is 13.1. The second kappa shape index (κ2) is 5.68. The van der Waals surface area contributed by atoms with Gasteiger partial charge in [-0.1, -0.05) is 5.92 Å². The van der Waals surface area contributed by atoms with Crippen molar-refractivity contribution in [2.24, 2.45) is 0 Å². The van der Waals surface area contributed by atoms with Gasteiger partial charge in [-0.15, -0.1) is 6.42 Å². The molecule has 5 nitrogen and oxygen atoms in total. The third-order valence-electron chi connectivity index (χ3n) is 2.12. The smallest absolute Gasteiger partial charge is 0.338 e. The number of hydrogen-bond donors (Lipinski definition) is 2. The molecule has 0 unspecified atom stereocenters. The standard InChI is InChI=1S/C12H11FN2O3/c1-3-6-15(2)12(18)14-8-4-5-10(13)9(7-8)11(16)17/h1,4-5,7H,6H2,2H3,(H,14,18)(H,16,17). The summed E-state index contributed by atoms with van der Waals surface area (Å²) in [5.41, 5.74) is -0.324. The van der Waals surface area contributed by atoms with Crippen LogP contribution in [0.1, 0.15) is 10.4 Å². The summed E-state index contributed by atoms with van der Waals surface area (Å²) in [5.74, 6) is 0.0182. The number of anilines is 1. The van der Waals surface area contributed by atoms with Crippen molar-refractivity contribution < 1.29 is 19.1 Å². The summed E-state index contributed by atoms with van der Waals surface area (Å²) in [6.45, 7) is 0.110. The number of carboxylic acids is 1. The van der Waals surface area contributed by atoms with Crippen LogP contribution in [0, 0.1) is 18.2 Å². The Morgan fingerprint density at radius 2 is 2.22 bits per heavy atom. The highest BCUT2D eigenvalue weighted by Crippen LogP contribution is 2.15. The van der Waals surface area contributed by atoms with Gasteiger partial charge in [0.15, 0.2) is 0 Å². The maximum atomic E-state index is 13.1. The van der Waals surface area contributed by atoms with Crippen LogP contribution >= 0.6 is 0 Å². The lowest BCUT2D eigenvalue weighted by molar-refractivity contribution is 0.0692. The zero-order valence-corrected chi connectivity index (χ0v) is 9.61. The van der Waals surface area contributed by atoms with Gasteiger partial charge in [0.25, 0.3) is 0 Å². The third-order valence-corrected chi connectivity index (χ3v) is 2.12. The van der Waals surface area contributed by atoms with Crippen molar-refractivity contribution in [2.75, 3.05) is 18.9 Å². The Kier molecular flexibility index (Phi) is 4.27. The number of nitrogens with one attached hydrogen (secondary N) is 1. The topological polar surface area (TPSA) is 69.6 Å². The second-order valence-corrected chi connectivity index (χ2v) is 3.49. The summed E-state index contributed by atoms with van der Waals surface area (Å²) < 4.78 is 13.1. The molecule has 0 aliphatic rings. The summed E-state index contributed by atoms with van der Waals surface area (Å²) in [6.07, 6.45) is 5.05. The van der Waals surface area contributed by atoms with Gasteiger partial charge in [0.05, 0.1) is 12.1 Å². The number of nitrogens with zero attached hydrogens (tertiary/aromatic N) is 1. The number of benzene rings is 1. The van der Waals surface area contributed by atoms with Gasteiger partial charge in [-0.05, 0) is 18.2 Å². The molecule has 1 rings (SSSR count). The normalized spacial score (nSPS) is 9.39. The number of carbonyl (C=O) groups is 2. The Bertz CT molecular complexity index is 523. The van der Waals surface area contributed by atoms with Crippen molar-refractivity contribution in [1.29, 1.82) is 0 Å². The van der Waals surface area contributed by atoms with Gasteiger partial charge in [-0.25, -0.2) is 14.0 Å². The molecule has 0 aliphatic heterocycles. The number of halogens is 1. The first kappa shape index (κ1) is 13.5. The zero-order chi connectivity index (χ0) is 13.7. The molecule has 18 heavy (non-hydrogen) atoms. The predicted molar refractivity (Wildman–Crippen MR) is 63.8 cm³/mol. The molecule has 2 N–H and O–H groups in total. The van der Waals surface area contributed by atoms with Gasteiger partial charge in [0.1, 0.15) is 5.82 Å². The van der Waals surface area contributed by atoms with Gasteiger partial charge in [-0.2, -0.15) is 0 Å². The number of urea groups is 1. The summed E-state index contributed by atoms with van der Waals surface area (Å²) in [6, 6.07) is 2.78. The quantitative estimate of drug-likeness (QED) is 0.801. The molecule has 0 atom stereocenters. The maximum Gasteiger partial charge on any atom is 0.338 e. The highest BCUT2D eigenvalue weighted by molar-refractivity contribution is 5.93.